The van der Waals surface area contributed by atoms with Crippen molar-refractivity contribution in [1.29, 1.82) is 0 Å². The molecule has 1 saturated carbocycles. The Morgan fingerprint density at radius 3 is 2.50 bits per heavy atom. The third-order valence-corrected chi connectivity index (χ3v) is 5.12. The van der Waals surface area contributed by atoms with Gasteiger partial charge in [0.25, 0.3) is 15.0 Å². The molecule has 0 spiro atoms. The van der Waals surface area contributed by atoms with Crippen molar-refractivity contribution >= 4 is 25.6 Å². The van der Waals surface area contributed by atoms with E-state index in [1.165, 1.54) is 12.5 Å². The second-order valence-corrected chi connectivity index (χ2v) is 7.76. The van der Waals surface area contributed by atoms with Crippen LogP contribution in [0.4, 0.5) is 0 Å². The lowest BCUT2D eigenvalue weighted by atomic mass is 9.95. The number of nitrogens with one attached hydrogen (secondary N) is 1. The highest BCUT2D eigenvalue weighted by Gasteiger charge is 2.19. The highest BCUT2D eigenvalue weighted by molar-refractivity contribution is 8.13. The average molecular weight is 316 g/mol. The van der Waals surface area contributed by atoms with Gasteiger partial charge in [0.15, 0.2) is 0 Å². The smallest absolute Gasteiger partial charge is 0.261 e. The van der Waals surface area contributed by atoms with Crippen LogP contribution >= 0.6 is 10.7 Å². The minimum Gasteiger partial charge on any atom is -0.349 e. The molecule has 0 saturated heterocycles. The minimum atomic E-state index is -3.83. The van der Waals surface area contributed by atoms with Crippen molar-refractivity contribution in [2.75, 3.05) is 0 Å². The molecule has 1 fully saturated rings. The summed E-state index contributed by atoms with van der Waals surface area (Å²) in [4.78, 5) is 12.2. The van der Waals surface area contributed by atoms with Crippen molar-refractivity contribution in [3.05, 3.63) is 29.3 Å². The Hall–Kier alpha value is -1.07. The molecule has 1 N–H and O–H groups in total. The van der Waals surface area contributed by atoms with Gasteiger partial charge in [0.2, 0.25) is 0 Å². The van der Waals surface area contributed by atoms with Crippen LogP contribution in [0.2, 0.25) is 0 Å². The molecule has 0 bridgehead atoms. The number of benzene rings is 1. The van der Waals surface area contributed by atoms with Crippen molar-refractivity contribution in [1.82, 2.24) is 5.32 Å². The monoisotopic (exact) mass is 315 g/mol. The maximum atomic E-state index is 12.2. The van der Waals surface area contributed by atoms with E-state index in [9.17, 15) is 13.2 Å². The van der Waals surface area contributed by atoms with Gasteiger partial charge in [-0.25, -0.2) is 8.42 Å². The molecule has 0 unspecified atom stereocenters. The molecular weight excluding hydrogens is 298 g/mol. The van der Waals surface area contributed by atoms with E-state index in [2.05, 4.69) is 5.32 Å². The Kier molecular flexibility index (Phi) is 4.70. The molecule has 0 radical (unpaired) electrons. The lowest BCUT2D eigenvalue weighted by Gasteiger charge is -2.22. The number of hydrogen-bond donors (Lipinski definition) is 1. The van der Waals surface area contributed by atoms with E-state index in [4.69, 9.17) is 10.7 Å². The molecule has 1 aliphatic carbocycles. The Labute approximate surface area is 123 Å². The van der Waals surface area contributed by atoms with E-state index >= 15 is 0 Å². The summed E-state index contributed by atoms with van der Waals surface area (Å²) in [5, 5.41) is 2.96. The van der Waals surface area contributed by atoms with Crippen molar-refractivity contribution in [3.63, 3.8) is 0 Å². The Balaban J connectivity index is 2.18. The third kappa shape index (κ3) is 3.73. The van der Waals surface area contributed by atoms with Crippen LogP contribution in [0.15, 0.2) is 23.1 Å². The van der Waals surface area contributed by atoms with Gasteiger partial charge in [-0.1, -0.05) is 25.3 Å². The summed E-state index contributed by atoms with van der Waals surface area (Å²) in [6, 6.07) is 4.76. The van der Waals surface area contributed by atoms with Crippen molar-refractivity contribution < 1.29 is 13.2 Å². The Bertz CT molecular complexity index is 607. The zero-order valence-corrected chi connectivity index (χ0v) is 12.9. The lowest BCUT2D eigenvalue weighted by molar-refractivity contribution is 0.0927. The first-order valence-electron chi connectivity index (χ1n) is 6.74. The molecule has 6 heteroatoms. The molecule has 1 aromatic carbocycles. The summed E-state index contributed by atoms with van der Waals surface area (Å²) in [5.74, 6) is -0.238. The number of aryl methyl sites for hydroxylation is 1. The van der Waals surface area contributed by atoms with Gasteiger partial charge in [0.05, 0.1) is 4.90 Å². The van der Waals surface area contributed by atoms with Gasteiger partial charge < -0.3 is 5.32 Å². The van der Waals surface area contributed by atoms with Crippen LogP contribution in [-0.2, 0) is 9.05 Å². The Morgan fingerprint density at radius 1 is 1.25 bits per heavy atom. The average Bonchev–Trinajstić information content (AvgIpc) is 2.39. The maximum absolute atomic E-state index is 12.2. The zero-order chi connectivity index (χ0) is 14.8. The van der Waals surface area contributed by atoms with E-state index in [0.29, 0.717) is 11.1 Å². The molecule has 110 valence electrons. The molecule has 4 nitrogen and oxygen atoms in total. The van der Waals surface area contributed by atoms with E-state index in [0.717, 1.165) is 25.7 Å². The fraction of sp³-hybridized carbons (Fsp3) is 0.500. The van der Waals surface area contributed by atoms with Gasteiger partial charge in [-0.2, -0.15) is 0 Å². The van der Waals surface area contributed by atoms with Crippen LogP contribution in [0, 0.1) is 6.92 Å². The van der Waals surface area contributed by atoms with E-state index in [1.807, 2.05) is 0 Å². The van der Waals surface area contributed by atoms with Crippen LogP contribution in [0.3, 0.4) is 0 Å². The van der Waals surface area contributed by atoms with Gasteiger partial charge >= 0.3 is 0 Å². The molecular formula is C14H18ClNO3S. The molecule has 0 aliphatic heterocycles. The fourth-order valence-electron chi connectivity index (χ4n) is 2.52. The van der Waals surface area contributed by atoms with E-state index in [1.54, 1.807) is 19.1 Å². The van der Waals surface area contributed by atoms with Gasteiger partial charge in [-0.05, 0) is 37.5 Å². The molecule has 1 amide bonds. The van der Waals surface area contributed by atoms with E-state index in [-0.39, 0.29) is 16.8 Å². The first kappa shape index (κ1) is 15.3. The summed E-state index contributed by atoms with van der Waals surface area (Å²) < 4.78 is 22.9. The highest BCUT2D eigenvalue weighted by atomic mass is 35.7. The largest absolute Gasteiger partial charge is 0.349 e. The zero-order valence-electron chi connectivity index (χ0n) is 11.4. The van der Waals surface area contributed by atoms with Gasteiger partial charge in [0.1, 0.15) is 0 Å². The van der Waals surface area contributed by atoms with Crippen LogP contribution in [0.1, 0.15) is 48.0 Å². The SMILES string of the molecule is Cc1ccc(C(=O)NC2CCCCC2)cc1S(=O)(=O)Cl. The Morgan fingerprint density at radius 2 is 1.90 bits per heavy atom. The first-order chi connectivity index (χ1) is 9.38. The van der Waals surface area contributed by atoms with Crippen LogP contribution in [0.5, 0.6) is 0 Å². The predicted octanol–water partition coefficient (Wildman–Crippen LogP) is 2.99. The topological polar surface area (TPSA) is 63.2 Å². The summed E-state index contributed by atoms with van der Waals surface area (Å²) in [6.07, 6.45) is 5.43. The number of carbonyl (C=O) groups excluding carboxylic acids is 1. The van der Waals surface area contributed by atoms with Crippen LogP contribution in [-0.4, -0.2) is 20.4 Å². The number of amides is 1. The third-order valence-electron chi connectivity index (χ3n) is 3.65. The first-order valence-corrected chi connectivity index (χ1v) is 9.05. The summed E-state index contributed by atoms with van der Waals surface area (Å²) in [5.41, 5.74) is 0.870. The van der Waals surface area contributed by atoms with Crippen LogP contribution < -0.4 is 5.32 Å². The van der Waals surface area contributed by atoms with E-state index < -0.39 is 9.05 Å². The normalized spacial score (nSPS) is 16.9. The fourth-order valence-corrected chi connectivity index (χ4v) is 3.74. The minimum absolute atomic E-state index is 0.00420. The summed E-state index contributed by atoms with van der Waals surface area (Å²) in [7, 11) is 1.54. The van der Waals surface area contributed by atoms with Gasteiger partial charge in [-0.15, -0.1) is 0 Å². The van der Waals surface area contributed by atoms with Crippen molar-refractivity contribution in [2.24, 2.45) is 0 Å². The molecule has 0 heterocycles. The number of rotatable bonds is 3. The number of hydrogen-bond acceptors (Lipinski definition) is 3. The lowest BCUT2D eigenvalue weighted by Crippen LogP contribution is -2.36. The quantitative estimate of drug-likeness (QED) is 0.872. The van der Waals surface area contributed by atoms with Gasteiger partial charge in [-0.3, -0.25) is 4.79 Å². The predicted molar refractivity (Wildman–Crippen MR) is 78.6 cm³/mol. The second kappa shape index (κ2) is 6.14. The van der Waals surface area contributed by atoms with Crippen LogP contribution in [0.25, 0.3) is 0 Å². The molecule has 20 heavy (non-hydrogen) atoms. The summed E-state index contributed by atoms with van der Waals surface area (Å²) >= 11 is 0. The van der Waals surface area contributed by atoms with Gasteiger partial charge in [0, 0.05) is 22.3 Å². The molecule has 0 atom stereocenters. The molecule has 2 rings (SSSR count). The maximum Gasteiger partial charge on any atom is 0.261 e. The number of carbonyl (C=O) groups is 1. The standard InChI is InChI=1S/C14H18ClNO3S/c1-10-7-8-11(9-13(10)20(15,18)19)14(17)16-12-5-3-2-4-6-12/h7-9,12H,2-6H2,1H3,(H,16,17). The highest BCUT2D eigenvalue weighted by Crippen LogP contribution is 2.22. The second-order valence-electron chi connectivity index (χ2n) is 5.23. The molecule has 0 aromatic heterocycles. The van der Waals surface area contributed by atoms with Crippen molar-refractivity contribution in [2.45, 2.75) is 50.0 Å². The molecule has 1 aromatic rings. The molecule has 1 aliphatic rings. The number of halogens is 1. The van der Waals surface area contributed by atoms with Crippen molar-refractivity contribution in [3.8, 4) is 0 Å². The summed E-state index contributed by atoms with van der Waals surface area (Å²) in [6.45, 7) is 1.65.